The summed E-state index contributed by atoms with van der Waals surface area (Å²) in [6.45, 7) is 0. The van der Waals surface area contributed by atoms with Crippen LogP contribution in [0, 0.1) is 0 Å². The van der Waals surface area contributed by atoms with Crippen LogP contribution in [0.3, 0.4) is 0 Å². The number of fused-ring (bicyclic) bond motifs is 3. The van der Waals surface area contributed by atoms with E-state index in [4.69, 9.17) is 9.97 Å². The first-order valence-electron chi connectivity index (χ1n) is 10.3. The van der Waals surface area contributed by atoms with Crippen molar-refractivity contribution in [3.05, 3.63) is 95.7 Å². The van der Waals surface area contributed by atoms with Crippen LogP contribution in [0.25, 0.3) is 22.5 Å². The lowest BCUT2D eigenvalue weighted by atomic mass is 9.91. The van der Waals surface area contributed by atoms with Crippen LogP contribution in [-0.4, -0.2) is 21.0 Å². The van der Waals surface area contributed by atoms with Gasteiger partial charge in [0, 0.05) is 11.1 Å². The minimum absolute atomic E-state index is 0.126. The van der Waals surface area contributed by atoms with Gasteiger partial charge in [0.15, 0.2) is 5.82 Å². The Hall–Kier alpha value is -3.99. The number of benzene rings is 3. The summed E-state index contributed by atoms with van der Waals surface area (Å²) in [7, 11) is 0. The Morgan fingerprint density at radius 3 is 2.39 bits per heavy atom. The highest BCUT2D eigenvalue weighted by Gasteiger charge is 2.23. The summed E-state index contributed by atoms with van der Waals surface area (Å²) in [4.78, 5) is 22.6. The van der Waals surface area contributed by atoms with Crippen molar-refractivity contribution in [3.8, 4) is 28.3 Å². The number of hydrogen-bond donors (Lipinski definition) is 2. The smallest absolute Gasteiger partial charge is 0.230 e. The predicted octanol–water partition coefficient (Wildman–Crippen LogP) is 4.80. The molecule has 0 radical (unpaired) electrons. The third-order valence-corrected chi connectivity index (χ3v) is 5.46. The van der Waals surface area contributed by atoms with Crippen LogP contribution in [0.1, 0.15) is 16.8 Å². The molecule has 1 heterocycles. The summed E-state index contributed by atoms with van der Waals surface area (Å²) in [5.74, 6) is 0.607. The van der Waals surface area contributed by atoms with E-state index in [0.29, 0.717) is 17.9 Å². The van der Waals surface area contributed by atoms with Crippen LogP contribution < -0.4 is 5.32 Å². The van der Waals surface area contributed by atoms with Crippen LogP contribution in [0.4, 0.5) is 5.82 Å². The largest absolute Gasteiger partial charge is 0.508 e. The van der Waals surface area contributed by atoms with E-state index in [1.165, 1.54) is 0 Å². The molecule has 1 aromatic heterocycles. The molecule has 3 aromatic carbocycles. The van der Waals surface area contributed by atoms with Gasteiger partial charge in [0.25, 0.3) is 0 Å². The minimum atomic E-state index is -0.126. The fourth-order valence-corrected chi connectivity index (χ4v) is 3.97. The first kappa shape index (κ1) is 19.0. The van der Waals surface area contributed by atoms with Crippen molar-refractivity contribution in [2.75, 3.05) is 5.32 Å². The number of aromatic nitrogens is 2. The molecule has 5 heteroatoms. The number of carbonyl (C=O) groups is 1. The monoisotopic (exact) mass is 407 g/mol. The second kappa shape index (κ2) is 8.03. The number of hydrogen-bond acceptors (Lipinski definition) is 4. The maximum Gasteiger partial charge on any atom is 0.230 e. The zero-order chi connectivity index (χ0) is 21.2. The van der Waals surface area contributed by atoms with Crippen molar-refractivity contribution in [1.82, 2.24) is 9.97 Å². The van der Waals surface area contributed by atoms with Crippen LogP contribution in [0.15, 0.2) is 78.9 Å². The lowest BCUT2D eigenvalue weighted by Crippen LogP contribution is -2.18. The molecule has 0 unspecified atom stereocenters. The number of anilines is 1. The number of carbonyl (C=O) groups excluding carboxylic acids is 1. The third-order valence-electron chi connectivity index (χ3n) is 5.46. The molecule has 1 amide bonds. The lowest BCUT2D eigenvalue weighted by molar-refractivity contribution is -0.115. The Morgan fingerprint density at radius 2 is 1.61 bits per heavy atom. The first-order valence-corrected chi connectivity index (χ1v) is 10.3. The summed E-state index contributed by atoms with van der Waals surface area (Å²) >= 11 is 0. The molecule has 0 atom stereocenters. The summed E-state index contributed by atoms with van der Waals surface area (Å²) in [6, 6.07) is 24.8. The molecule has 0 bridgehead atoms. The average molecular weight is 407 g/mol. The van der Waals surface area contributed by atoms with Crippen molar-refractivity contribution in [3.63, 3.8) is 0 Å². The van der Waals surface area contributed by atoms with Crippen molar-refractivity contribution in [2.45, 2.75) is 19.3 Å². The highest BCUT2D eigenvalue weighted by Crippen LogP contribution is 2.36. The normalized spacial score (nSPS) is 12.0. The molecule has 1 aliphatic carbocycles. The number of phenolic OH excluding ortho intramolecular Hbond substituents is 1. The van der Waals surface area contributed by atoms with Crippen molar-refractivity contribution >= 4 is 11.7 Å². The maximum atomic E-state index is 12.8. The molecular weight excluding hydrogens is 386 g/mol. The SMILES string of the molecule is O=C(Cc1ccccc1)Nc1nc2c(nc1-c1ccccc1)-c1ccc(O)cc1CC2. The second-order valence-electron chi connectivity index (χ2n) is 7.63. The molecule has 31 heavy (non-hydrogen) atoms. The molecule has 2 N–H and O–H groups in total. The topological polar surface area (TPSA) is 75.1 Å². The number of phenols is 1. The van der Waals surface area contributed by atoms with Gasteiger partial charge in [-0.15, -0.1) is 0 Å². The Bertz CT molecular complexity index is 1250. The molecule has 0 saturated heterocycles. The van der Waals surface area contributed by atoms with E-state index in [-0.39, 0.29) is 18.1 Å². The van der Waals surface area contributed by atoms with Gasteiger partial charge in [0.05, 0.1) is 17.8 Å². The molecule has 1 aliphatic rings. The number of amides is 1. The Morgan fingerprint density at radius 1 is 0.871 bits per heavy atom. The fraction of sp³-hybridized carbons (Fsp3) is 0.115. The Balaban J connectivity index is 1.56. The summed E-state index contributed by atoms with van der Waals surface area (Å²) in [6.07, 6.45) is 1.75. The van der Waals surface area contributed by atoms with E-state index in [1.807, 2.05) is 66.7 Å². The van der Waals surface area contributed by atoms with E-state index < -0.39 is 0 Å². The van der Waals surface area contributed by atoms with Gasteiger partial charge in [0.2, 0.25) is 5.91 Å². The summed E-state index contributed by atoms with van der Waals surface area (Å²) in [5.41, 5.74) is 6.17. The molecule has 0 aliphatic heterocycles. The number of nitrogens with one attached hydrogen (secondary N) is 1. The van der Waals surface area contributed by atoms with E-state index in [9.17, 15) is 9.90 Å². The Labute approximate surface area is 180 Å². The first-order chi connectivity index (χ1) is 15.2. The van der Waals surface area contributed by atoms with E-state index >= 15 is 0 Å². The number of aryl methyl sites for hydroxylation is 2. The van der Waals surface area contributed by atoms with Crippen LogP contribution >= 0.6 is 0 Å². The molecule has 152 valence electrons. The molecule has 0 spiro atoms. The van der Waals surface area contributed by atoms with E-state index in [0.717, 1.165) is 40.1 Å². The van der Waals surface area contributed by atoms with Crippen molar-refractivity contribution in [2.24, 2.45) is 0 Å². The number of aromatic hydroxyl groups is 1. The van der Waals surface area contributed by atoms with Gasteiger partial charge in [-0.05, 0) is 42.2 Å². The fourth-order valence-electron chi connectivity index (χ4n) is 3.97. The van der Waals surface area contributed by atoms with E-state index in [2.05, 4.69) is 5.32 Å². The van der Waals surface area contributed by atoms with Gasteiger partial charge in [-0.2, -0.15) is 0 Å². The molecule has 0 fully saturated rings. The maximum absolute atomic E-state index is 12.8. The van der Waals surface area contributed by atoms with Gasteiger partial charge in [-0.25, -0.2) is 9.97 Å². The Kier molecular flexibility index (Phi) is 4.92. The van der Waals surface area contributed by atoms with E-state index in [1.54, 1.807) is 12.1 Å². The summed E-state index contributed by atoms with van der Waals surface area (Å²) < 4.78 is 0. The van der Waals surface area contributed by atoms with Gasteiger partial charge in [0.1, 0.15) is 11.4 Å². The van der Waals surface area contributed by atoms with Crippen LogP contribution in [-0.2, 0) is 24.1 Å². The predicted molar refractivity (Wildman–Crippen MR) is 121 cm³/mol. The van der Waals surface area contributed by atoms with Crippen molar-refractivity contribution < 1.29 is 9.90 Å². The highest BCUT2D eigenvalue weighted by molar-refractivity contribution is 5.95. The zero-order valence-corrected chi connectivity index (χ0v) is 16.9. The van der Waals surface area contributed by atoms with Gasteiger partial charge in [-0.1, -0.05) is 60.7 Å². The van der Waals surface area contributed by atoms with Crippen LogP contribution in [0.5, 0.6) is 5.75 Å². The number of nitrogens with zero attached hydrogens (tertiary/aromatic N) is 2. The van der Waals surface area contributed by atoms with Gasteiger partial charge < -0.3 is 10.4 Å². The molecular formula is C26H21N3O2. The standard InChI is InChI=1S/C26H21N3O2/c30-20-12-13-21-19(16-20)11-14-22-25(21)29-24(18-9-5-2-6-10-18)26(27-22)28-23(31)15-17-7-3-1-4-8-17/h1-10,12-13,16,30H,11,14-15H2,(H,27,28,31). The molecule has 0 saturated carbocycles. The van der Waals surface area contributed by atoms with Gasteiger partial charge >= 0.3 is 0 Å². The molecule has 5 nitrogen and oxygen atoms in total. The van der Waals surface area contributed by atoms with Gasteiger partial charge in [-0.3, -0.25) is 4.79 Å². The highest BCUT2D eigenvalue weighted by atomic mass is 16.3. The quantitative estimate of drug-likeness (QED) is 0.510. The molecule has 5 rings (SSSR count). The lowest BCUT2D eigenvalue weighted by Gasteiger charge is -2.21. The van der Waals surface area contributed by atoms with Crippen molar-refractivity contribution in [1.29, 1.82) is 0 Å². The summed E-state index contributed by atoms with van der Waals surface area (Å²) in [5, 5.41) is 12.8. The second-order valence-corrected chi connectivity index (χ2v) is 7.63. The third kappa shape index (κ3) is 3.90. The average Bonchev–Trinajstić information content (AvgIpc) is 2.79. The molecule has 4 aromatic rings. The number of rotatable bonds is 4. The zero-order valence-electron chi connectivity index (χ0n) is 16.9. The minimum Gasteiger partial charge on any atom is -0.508 e. The van der Waals surface area contributed by atoms with Crippen LogP contribution in [0.2, 0.25) is 0 Å².